The maximum absolute atomic E-state index is 12.4. The van der Waals surface area contributed by atoms with Crippen LogP contribution < -0.4 is 10.2 Å². The second-order valence-electron chi connectivity index (χ2n) is 5.17. The van der Waals surface area contributed by atoms with E-state index in [2.05, 4.69) is 28.4 Å². The number of nitrogens with zero attached hydrogens (tertiary/aromatic N) is 1. The molecule has 3 heteroatoms. The maximum Gasteiger partial charge on any atom is 0.248 e. The molecule has 1 N–H and O–H groups in total. The van der Waals surface area contributed by atoms with Crippen molar-refractivity contribution in [1.82, 2.24) is 0 Å². The predicted octanol–water partition coefficient (Wildman–Crippen LogP) is 2.59. The smallest absolute Gasteiger partial charge is 0.248 e. The first-order valence-electron chi connectivity index (χ1n) is 6.49. The Bertz CT molecular complexity index is 680. The molecule has 0 saturated carbocycles. The Kier molecular flexibility index (Phi) is 2.01. The van der Waals surface area contributed by atoms with Gasteiger partial charge in [0.25, 0.3) is 0 Å². The fraction of sp³-hybridized carbons (Fsp3) is 0.188. The summed E-state index contributed by atoms with van der Waals surface area (Å²) in [5, 5.41) is 3.02. The van der Waals surface area contributed by atoms with E-state index in [9.17, 15) is 4.79 Å². The van der Waals surface area contributed by atoms with E-state index in [0.29, 0.717) is 0 Å². The zero-order valence-electron chi connectivity index (χ0n) is 10.6. The lowest BCUT2D eigenvalue weighted by molar-refractivity contribution is -0.117. The topological polar surface area (TPSA) is 32.3 Å². The second kappa shape index (κ2) is 3.60. The minimum absolute atomic E-state index is 0.0856. The first-order chi connectivity index (χ1) is 9.27. The summed E-state index contributed by atoms with van der Waals surface area (Å²) in [6, 6.07) is 16.2. The van der Waals surface area contributed by atoms with Crippen molar-refractivity contribution in [2.45, 2.75) is 12.0 Å². The molecule has 94 valence electrons. The molecule has 0 aromatic heterocycles. The van der Waals surface area contributed by atoms with Gasteiger partial charge in [0, 0.05) is 24.3 Å². The molecular weight excluding hydrogens is 236 g/mol. The van der Waals surface area contributed by atoms with Gasteiger partial charge in [-0.15, -0.1) is 0 Å². The molecule has 0 fully saturated rings. The number of anilines is 2. The molecule has 2 atom stereocenters. The van der Waals surface area contributed by atoms with Crippen LogP contribution in [0.2, 0.25) is 0 Å². The van der Waals surface area contributed by atoms with Crippen LogP contribution in [0.25, 0.3) is 0 Å². The highest BCUT2D eigenvalue weighted by Crippen LogP contribution is 2.48. The highest BCUT2D eigenvalue weighted by molar-refractivity contribution is 6.03. The van der Waals surface area contributed by atoms with E-state index in [1.165, 1.54) is 11.1 Å². The van der Waals surface area contributed by atoms with Crippen molar-refractivity contribution < 1.29 is 4.79 Å². The molecule has 2 aliphatic rings. The molecule has 0 radical (unpaired) electrons. The van der Waals surface area contributed by atoms with Crippen molar-refractivity contribution >= 4 is 17.3 Å². The maximum atomic E-state index is 12.4. The van der Waals surface area contributed by atoms with Gasteiger partial charge in [0.15, 0.2) is 0 Å². The zero-order valence-corrected chi connectivity index (χ0v) is 10.6. The Hall–Kier alpha value is -2.29. The van der Waals surface area contributed by atoms with Crippen LogP contribution in [-0.4, -0.2) is 19.0 Å². The Labute approximate surface area is 111 Å². The van der Waals surface area contributed by atoms with Crippen molar-refractivity contribution in [3.05, 3.63) is 59.7 Å². The number of nitrogens with one attached hydrogen (secondary N) is 1. The molecule has 0 spiro atoms. The molecule has 3 nitrogen and oxygen atoms in total. The molecule has 4 rings (SSSR count). The third kappa shape index (κ3) is 1.30. The Balaban J connectivity index is 1.99. The SMILES string of the molecule is CN1c2ccccc2[C@@H]2c3ccccc3NC(=O)[C@@H]21. The molecule has 0 aliphatic carbocycles. The average molecular weight is 250 g/mol. The number of carbonyl (C=O) groups is 1. The number of rotatable bonds is 0. The van der Waals surface area contributed by atoms with Gasteiger partial charge < -0.3 is 10.2 Å². The third-order valence-corrected chi connectivity index (χ3v) is 4.21. The molecule has 0 saturated heterocycles. The van der Waals surface area contributed by atoms with Gasteiger partial charge in [0.05, 0.1) is 0 Å². The quantitative estimate of drug-likeness (QED) is 0.779. The summed E-state index contributed by atoms with van der Waals surface area (Å²) in [4.78, 5) is 14.5. The summed E-state index contributed by atoms with van der Waals surface area (Å²) >= 11 is 0. The van der Waals surface area contributed by atoms with E-state index >= 15 is 0 Å². The fourth-order valence-corrected chi connectivity index (χ4v) is 3.37. The number of para-hydroxylation sites is 2. The van der Waals surface area contributed by atoms with E-state index in [4.69, 9.17) is 0 Å². The number of fused-ring (bicyclic) bond motifs is 5. The van der Waals surface area contributed by atoms with Gasteiger partial charge in [0.1, 0.15) is 6.04 Å². The summed E-state index contributed by atoms with van der Waals surface area (Å²) in [5.41, 5.74) is 4.56. The van der Waals surface area contributed by atoms with Gasteiger partial charge >= 0.3 is 0 Å². The molecule has 19 heavy (non-hydrogen) atoms. The van der Waals surface area contributed by atoms with Gasteiger partial charge in [-0.25, -0.2) is 0 Å². The van der Waals surface area contributed by atoms with Crippen molar-refractivity contribution in [2.75, 3.05) is 17.3 Å². The third-order valence-electron chi connectivity index (χ3n) is 4.21. The van der Waals surface area contributed by atoms with Gasteiger partial charge in [0.2, 0.25) is 5.91 Å². The van der Waals surface area contributed by atoms with E-state index in [-0.39, 0.29) is 17.9 Å². The molecule has 2 aliphatic heterocycles. The van der Waals surface area contributed by atoms with Crippen LogP contribution in [0.5, 0.6) is 0 Å². The van der Waals surface area contributed by atoms with Crippen molar-refractivity contribution in [3.8, 4) is 0 Å². The van der Waals surface area contributed by atoms with Crippen LogP contribution in [0, 0.1) is 0 Å². The van der Waals surface area contributed by atoms with Crippen LogP contribution in [0.3, 0.4) is 0 Å². The van der Waals surface area contributed by atoms with Crippen molar-refractivity contribution in [1.29, 1.82) is 0 Å². The first-order valence-corrected chi connectivity index (χ1v) is 6.49. The standard InChI is InChI=1S/C16H14N2O/c1-18-13-9-5-3-7-11(13)14-10-6-2-4-8-12(10)17-16(19)15(14)18/h2-9,14-15H,1H3,(H,17,19)/t14-,15+/m0/s1. The largest absolute Gasteiger partial charge is 0.362 e. The number of amides is 1. The molecular formula is C16H14N2O. The Morgan fingerprint density at radius 3 is 2.53 bits per heavy atom. The van der Waals surface area contributed by atoms with Crippen molar-refractivity contribution in [3.63, 3.8) is 0 Å². The molecule has 2 aromatic carbocycles. The number of likely N-dealkylation sites (N-methyl/N-ethyl adjacent to an activating group) is 1. The molecule has 1 amide bonds. The van der Waals surface area contributed by atoms with Crippen LogP contribution >= 0.6 is 0 Å². The van der Waals surface area contributed by atoms with E-state index < -0.39 is 0 Å². The van der Waals surface area contributed by atoms with E-state index in [1.807, 2.05) is 37.4 Å². The highest BCUT2D eigenvalue weighted by Gasteiger charge is 2.45. The molecule has 2 aromatic rings. The van der Waals surface area contributed by atoms with Crippen molar-refractivity contribution in [2.24, 2.45) is 0 Å². The highest BCUT2D eigenvalue weighted by atomic mass is 16.2. The monoisotopic (exact) mass is 250 g/mol. The molecule has 2 heterocycles. The predicted molar refractivity (Wildman–Crippen MR) is 75.5 cm³/mol. The summed E-state index contributed by atoms with van der Waals surface area (Å²) in [6.45, 7) is 0. The minimum Gasteiger partial charge on any atom is -0.362 e. The lowest BCUT2D eigenvalue weighted by Gasteiger charge is -2.31. The first kappa shape index (κ1) is 10.6. The zero-order chi connectivity index (χ0) is 13.0. The number of carbonyl (C=O) groups excluding carboxylic acids is 1. The normalized spacial score (nSPS) is 23.4. The lowest BCUT2D eigenvalue weighted by Crippen LogP contribution is -2.45. The van der Waals surface area contributed by atoms with Crippen LogP contribution in [-0.2, 0) is 4.79 Å². The average Bonchev–Trinajstić information content (AvgIpc) is 2.74. The van der Waals surface area contributed by atoms with Crippen LogP contribution in [0.1, 0.15) is 17.0 Å². The Morgan fingerprint density at radius 1 is 1.00 bits per heavy atom. The van der Waals surface area contributed by atoms with Gasteiger partial charge in [-0.05, 0) is 23.3 Å². The van der Waals surface area contributed by atoms with E-state index in [0.717, 1.165) is 11.4 Å². The summed E-state index contributed by atoms with van der Waals surface area (Å²) in [6.07, 6.45) is 0. The second-order valence-corrected chi connectivity index (χ2v) is 5.17. The van der Waals surface area contributed by atoms with E-state index in [1.54, 1.807) is 0 Å². The van der Waals surface area contributed by atoms with Crippen LogP contribution in [0.4, 0.5) is 11.4 Å². The number of hydrogen-bond acceptors (Lipinski definition) is 2. The molecule has 0 unspecified atom stereocenters. The van der Waals surface area contributed by atoms with Crippen LogP contribution in [0.15, 0.2) is 48.5 Å². The summed E-state index contributed by atoms with van der Waals surface area (Å²) < 4.78 is 0. The van der Waals surface area contributed by atoms with Gasteiger partial charge in [-0.3, -0.25) is 4.79 Å². The Morgan fingerprint density at radius 2 is 1.68 bits per heavy atom. The minimum atomic E-state index is -0.132. The van der Waals surface area contributed by atoms with Gasteiger partial charge in [-0.2, -0.15) is 0 Å². The lowest BCUT2D eigenvalue weighted by atomic mass is 9.84. The number of hydrogen-bond donors (Lipinski definition) is 1. The molecule has 0 bridgehead atoms. The van der Waals surface area contributed by atoms with Gasteiger partial charge in [-0.1, -0.05) is 36.4 Å². The fourth-order valence-electron chi connectivity index (χ4n) is 3.37. The summed E-state index contributed by atoms with van der Waals surface area (Å²) in [5.74, 6) is 0.230. The summed E-state index contributed by atoms with van der Waals surface area (Å²) in [7, 11) is 2.00. The number of benzene rings is 2.